The van der Waals surface area contributed by atoms with Crippen LogP contribution in [-0.4, -0.2) is 33.5 Å². The molecule has 3 aromatic rings. The van der Waals surface area contributed by atoms with E-state index in [2.05, 4.69) is 0 Å². The first-order chi connectivity index (χ1) is 12.8. The Hall–Kier alpha value is -2.43. The fraction of sp³-hybridized carbons (Fsp3) is 0.238. The Labute approximate surface area is 158 Å². The van der Waals surface area contributed by atoms with E-state index in [1.165, 1.54) is 0 Å². The van der Waals surface area contributed by atoms with Gasteiger partial charge in [0, 0.05) is 21.9 Å². The van der Waals surface area contributed by atoms with Crippen LogP contribution < -0.4 is 14.2 Å². The van der Waals surface area contributed by atoms with Crippen molar-refractivity contribution >= 4 is 22.4 Å². The van der Waals surface area contributed by atoms with Gasteiger partial charge < -0.3 is 18.9 Å². The van der Waals surface area contributed by atoms with Crippen molar-refractivity contribution in [3.05, 3.63) is 65.7 Å². The topological polar surface area (TPSA) is 36.9 Å². The summed E-state index contributed by atoms with van der Waals surface area (Å²) in [5, 5.41) is 2.71. The number of benzene rings is 3. The molecular weight excluding hydrogens is 352 g/mol. The van der Waals surface area contributed by atoms with Crippen LogP contribution in [0.25, 0.3) is 10.8 Å². The summed E-state index contributed by atoms with van der Waals surface area (Å²) in [7, 11) is 1.63. The average molecular weight is 373 g/mol. The standard InChI is InChI=1S/C21H21ClO4/c1-23-16-5-4-6-17(15-16)25-13-11-24-12-14-26-21-10-9-20(22)18-7-2-3-8-19(18)21/h2-10,15H,11-14H2,1H3. The highest BCUT2D eigenvalue weighted by Gasteiger charge is 2.05. The monoisotopic (exact) mass is 372 g/mol. The van der Waals surface area contributed by atoms with E-state index < -0.39 is 0 Å². The molecular formula is C21H21ClO4. The molecule has 0 unspecified atom stereocenters. The van der Waals surface area contributed by atoms with Crippen LogP contribution in [-0.2, 0) is 4.74 Å². The van der Waals surface area contributed by atoms with Crippen LogP contribution in [0.1, 0.15) is 0 Å². The Morgan fingerprint density at radius 1 is 0.731 bits per heavy atom. The van der Waals surface area contributed by atoms with Crippen LogP contribution in [0.15, 0.2) is 60.7 Å². The fourth-order valence-corrected chi connectivity index (χ4v) is 2.81. The van der Waals surface area contributed by atoms with Gasteiger partial charge in [-0.2, -0.15) is 0 Å². The number of hydrogen-bond donors (Lipinski definition) is 0. The molecule has 0 aliphatic carbocycles. The van der Waals surface area contributed by atoms with Crippen molar-refractivity contribution in [3.8, 4) is 17.2 Å². The third-order valence-electron chi connectivity index (χ3n) is 3.85. The summed E-state index contributed by atoms with van der Waals surface area (Å²) in [6.07, 6.45) is 0. The maximum Gasteiger partial charge on any atom is 0.127 e. The zero-order chi connectivity index (χ0) is 18.2. The van der Waals surface area contributed by atoms with Crippen LogP contribution >= 0.6 is 11.6 Å². The summed E-state index contributed by atoms with van der Waals surface area (Å²) < 4.78 is 22.2. The molecule has 0 saturated carbocycles. The molecule has 5 heteroatoms. The lowest BCUT2D eigenvalue weighted by molar-refractivity contribution is 0.0767. The van der Waals surface area contributed by atoms with Gasteiger partial charge in [-0.25, -0.2) is 0 Å². The quantitative estimate of drug-likeness (QED) is 0.496. The Morgan fingerprint density at radius 3 is 2.27 bits per heavy atom. The number of halogens is 1. The van der Waals surface area contributed by atoms with Crippen LogP contribution in [0, 0.1) is 0 Å². The second kappa shape index (κ2) is 9.32. The second-order valence-corrected chi connectivity index (χ2v) is 5.99. The molecule has 0 aliphatic heterocycles. The summed E-state index contributed by atoms with van der Waals surface area (Å²) in [5.74, 6) is 2.34. The Morgan fingerprint density at radius 2 is 1.46 bits per heavy atom. The van der Waals surface area contributed by atoms with Crippen LogP contribution in [0.2, 0.25) is 5.02 Å². The molecule has 0 aromatic heterocycles. The fourth-order valence-electron chi connectivity index (χ4n) is 2.58. The maximum atomic E-state index is 6.22. The first kappa shape index (κ1) is 18.4. The molecule has 0 heterocycles. The third-order valence-corrected chi connectivity index (χ3v) is 4.18. The maximum absolute atomic E-state index is 6.22. The highest BCUT2D eigenvalue weighted by atomic mass is 35.5. The van der Waals surface area contributed by atoms with Crippen molar-refractivity contribution in [2.24, 2.45) is 0 Å². The Kier molecular flexibility index (Phi) is 6.58. The second-order valence-electron chi connectivity index (χ2n) is 5.58. The number of fused-ring (bicyclic) bond motifs is 1. The van der Waals surface area contributed by atoms with Crippen LogP contribution in [0.5, 0.6) is 17.2 Å². The molecule has 0 amide bonds. The van der Waals surface area contributed by atoms with Crippen molar-refractivity contribution in [2.45, 2.75) is 0 Å². The molecule has 136 valence electrons. The molecule has 4 nitrogen and oxygen atoms in total. The normalized spacial score (nSPS) is 10.7. The predicted molar refractivity (Wildman–Crippen MR) is 104 cm³/mol. The first-order valence-corrected chi connectivity index (χ1v) is 8.80. The number of rotatable bonds is 9. The summed E-state index contributed by atoms with van der Waals surface area (Å²) in [4.78, 5) is 0. The minimum Gasteiger partial charge on any atom is -0.497 e. The molecule has 0 radical (unpaired) electrons. The molecule has 0 fully saturated rings. The van der Waals surface area contributed by atoms with Gasteiger partial charge in [-0.3, -0.25) is 0 Å². The van der Waals surface area contributed by atoms with E-state index in [4.69, 9.17) is 30.5 Å². The minimum absolute atomic E-state index is 0.463. The van der Waals surface area contributed by atoms with Gasteiger partial charge in [0.05, 0.1) is 20.3 Å². The summed E-state index contributed by atoms with van der Waals surface area (Å²) in [5.41, 5.74) is 0. The van der Waals surface area contributed by atoms with E-state index in [1.807, 2.05) is 60.7 Å². The smallest absolute Gasteiger partial charge is 0.127 e. The van der Waals surface area contributed by atoms with Crippen molar-refractivity contribution in [3.63, 3.8) is 0 Å². The number of ether oxygens (including phenoxy) is 4. The summed E-state index contributed by atoms with van der Waals surface area (Å²) in [6, 6.07) is 19.1. The highest BCUT2D eigenvalue weighted by molar-refractivity contribution is 6.35. The zero-order valence-corrected chi connectivity index (χ0v) is 15.4. The average Bonchev–Trinajstić information content (AvgIpc) is 2.69. The largest absolute Gasteiger partial charge is 0.497 e. The van der Waals surface area contributed by atoms with Crippen LogP contribution in [0.3, 0.4) is 0 Å². The lowest BCUT2D eigenvalue weighted by Crippen LogP contribution is -2.12. The minimum atomic E-state index is 0.463. The van der Waals surface area contributed by atoms with Gasteiger partial charge in [-0.1, -0.05) is 41.9 Å². The molecule has 0 bridgehead atoms. The van der Waals surface area contributed by atoms with E-state index in [1.54, 1.807) is 7.11 Å². The van der Waals surface area contributed by atoms with Gasteiger partial charge >= 0.3 is 0 Å². The molecule has 0 N–H and O–H groups in total. The number of hydrogen-bond acceptors (Lipinski definition) is 4. The van der Waals surface area contributed by atoms with Gasteiger partial charge in [0.1, 0.15) is 30.5 Å². The summed E-state index contributed by atoms with van der Waals surface area (Å²) >= 11 is 6.22. The van der Waals surface area contributed by atoms with E-state index in [9.17, 15) is 0 Å². The SMILES string of the molecule is COc1cccc(OCCOCCOc2ccc(Cl)c3ccccc23)c1. The van der Waals surface area contributed by atoms with Crippen molar-refractivity contribution in [1.29, 1.82) is 0 Å². The number of methoxy groups -OCH3 is 1. The lowest BCUT2D eigenvalue weighted by atomic mass is 10.1. The van der Waals surface area contributed by atoms with Gasteiger partial charge in [0.2, 0.25) is 0 Å². The molecule has 26 heavy (non-hydrogen) atoms. The highest BCUT2D eigenvalue weighted by Crippen LogP contribution is 2.31. The Bertz CT molecular complexity index is 850. The van der Waals surface area contributed by atoms with Gasteiger partial charge in [-0.05, 0) is 24.3 Å². The van der Waals surface area contributed by atoms with Crippen molar-refractivity contribution in [2.75, 3.05) is 33.5 Å². The Balaban J connectivity index is 1.39. The molecule has 0 aliphatic rings. The van der Waals surface area contributed by atoms with Crippen molar-refractivity contribution < 1.29 is 18.9 Å². The molecule has 3 rings (SSSR count). The van der Waals surface area contributed by atoms with Gasteiger partial charge in [0.15, 0.2) is 0 Å². The van der Waals surface area contributed by atoms with Crippen molar-refractivity contribution in [1.82, 2.24) is 0 Å². The van der Waals surface area contributed by atoms with E-state index in [-0.39, 0.29) is 0 Å². The molecule has 0 atom stereocenters. The first-order valence-electron chi connectivity index (χ1n) is 8.42. The predicted octanol–water partition coefficient (Wildman–Crippen LogP) is 4.98. The van der Waals surface area contributed by atoms with Gasteiger partial charge in [0.25, 0.3) is 0 Å². The summed E-state index contributed by atoms with van der Waals surface area (Å²) in [6.45, 7) is 1.90. The van der Waals surface area contributed by atoms with E-state index in [0.717, 1.165) is 33.0 Å². The lowest BCUT2D eigenvalue weighted by Gasteiger charge is -2.11. The van der Waals surface area contributed by atoms with E-state index in [0.29, 0.717) is 26.4 Å². The zero-order valence-electron chi connectivity index (χ0n) is 14.6. The van der Waals surface area contributed by atoms with Gasteiger partial charge in [-0.15, -0.1) is 0 Å². The molecule has 0 saturated heterocycles. The molecule has 0 spiro atoms. The van der Waals surface area contributed by atoms with Crippen LogP contribution in [0.4, 0.5) is 0 Å². The molecule has 3 aromatic carbocycles. The van der Waals surface area contributed by atoms with E-state index >= 15 is 0 Å². The third kappa shape index (κ3) is 4.81.